The van der Waals surface area contributed by atoms with Crippen molar-refractivity contribution in [1.82, 2.24) is 10.3 Å². The normalized spacial score (nSPS) is 13.7. The molecule has 3 aromatic carbocycles. The zero-order valence-electron chi connectivity index (χ0n) is 24.0. The number of amides is 2. The molecule has 5 rings (SSSR count). The Labute approximate surface area is 252 Å². The van der Waals surface area contributed by atoms with Gasteiger partial charge in [-0.05, 0) is 61.4 Å². The van der Waals surface area contributed by atoms with Crippen LogP contribution in [-0.4, -0.2) is 50.3 Å². The van der Waals surface area contributed by atoms with E-state index in [0.29, 0.717) is 59.9 Å². The summed E-state index contributed by atoms with van der Waals surface area (Å²) in [5.41, 5.74) is 0.692. The van der Waals surface area contributed by atoms with Gasteiger partial charge >= 0.3 is 0 Å². The van der Waals surface area contributed by atoms with Crippen molar-refractivity contribution < 1.29 is 37.3 Å². The molecule has 44 heavy (non-hydrogen) atoms. The summed E-state index contributed by atoms with van der Waals surface area (Å²) in [6.07, 6.45) is 4.25. The number of hydrogen-bond acceptors (Lipinski definition) is 8. The molecule has 2 heterocycles. The van der Waals surface area contributed by atoms with E-state index in [-0.39, 0.29) is 23.1 Å². The van der Waals surface area contributed by atoms with Crippen molar-refractivity contribution in [2.45, 2.75) is 18.9 Å². The maximum atomic E-state index is 15.2. The summed E-state index contributed by atoms with van der Waals surface area (Å²) in [6, 6.07) is 14.0. The van der Waals surface area contributed by atoms with E-state index >= 15 is 4.39 Å². The molecule has 0 radical (unpaired) electrons. The lowest BCUT2D eigenvalue weighted by Gasteiger charge is -2.22. The van der Waals surface area contributed by atoms with Crippen molar-refractivity contribution in [2.24, 2.45) is 0 Å². The molecule has 12 heteroatoms. The van der Waals surface area contributed by atoms with Crippen LogP contribution in [0.5, 0.6) is 23.0 Å². The summed E-state index contributed by atoms with van der Waals surface area (Å²) in [7, 11) is 3.01. The van der Waals surface area contributed by atoms with E-state index in [1.165, 1.54) is 63.0 Å². The van der Waals surface area contributed by atoms with E-state index in [9.17, 15) is 14.0 Å². The molecule has 0 unspecified atom stereocenters. The molecule has 0 atom stereocenters. The van der Waals surface area contributed by atoms with Gasteiger partial charge in [0.05, 0.1) is 19.7 Å². The van der Waals surface area contributed by atoms with Crippen molar-refractivity contribution in [3.8, 4) is 23.0 Å². The molecule has 0 spiro atoms. The number of pyridine rings is 1. The minimum absolute atomic E-state index is 0.00405. The molecule has 2 amide bonds. The molecule has 3 N–H and O–H groups in total. The van der Waals surface area contributed by atoms with E-state index in [4.69, 9.17) is 18.9 Å². The fourth-order valence-electron chi connectivity index (χ4n) is 4.55. The molecular formula is C32H30F2N4O6. The highest BCUT2D eigenvalue weighted by Gasteiger charge is 2.22. The number of benzene rings is 3. The molecule has 1 saturated heterocycles. The number of methoxy groups -OCH3 is 2. The lowest BCUT2D eigenvalue weighted by molar-refractivity contribution is -0.118. The van der Waals surface area contributed by atoms with Gasteiger partial charge < -0.3 is 34.9 Å². The third-order valence-corrected chi connectivity index (χ3v) is 6.89. The topological polar surface area (TPSA) is 120 Å². The van der Waals surface area contributed by atoms with Gasteiger partial charge in [0.25, 0.3) is 11.8 Å². The number of ether oxygens (including phenoxy) is 4. The van der Waals surface area contributed by atoms with Crippen LogP contribution in [0.25, 0.3) is 10.9 Å². The first kappa shape index (κ1) is 30.2. The van der Waals surface area contributed by atoms with Crippen molar-refractivity contribution in [2.75, 3.05) is 38.1 Å². The van der Waals surface area contributed by atoms with Crippen LogP contribution in [0.15, 0.2) is 78.6 Å². The molecule has 0 bridgehead atoms. The summed E-state index contributed by atoms with van der Waals surface area (Å²) in [4.78, 5) is 30.7. The first-order valence-corrected chi connectivity index (χ1v) is 13.7. The highest BCUT2D eigenvalue weighted by molar-refractivity contribution is 6.26. The Morgan fingerprint density at radius 2 is 1.50 bits per heavy atom. The summed E-state index contributed by atoms with van der Waals surface area (Å²) in [5.74, 6) is -1.57. The van der Waals surface area contributed by atoms with E-state index in [2.05, 4.69) is 20.9 Å². The number of fused-ring (bicyclic) bond motifs is 1. The number of nitrogens with one attached hydrogen (secondary N) is 3. The van der Waals surface area contributed by atoms with Gasteiger partial charge in [-0.15, -0.1) is 0 Å². The van der Waals surface area contributed by atoms with Gasteiger partial charge in [-0.1, -0.05) is 0 Å². The van der Waals surface area contributed by atoms with Crippen molar-refractivity contribution in [1.29, 1.82) is 0 Å². The second kappa shape index (κ2) is 13.8. The Morgan fingerprint density at radius 3 is 2.18 bits per heavy atom. The fraction of sp³-hybridized carbons (Fsp3) is 0.219. The first-order chi connectivity index (χ1) is 21.3. The number of carbonyl (C=O) groups is 2. The Hall–Kier alpha value is -5.23. The first-order valence-electron chi connectivity index (χ1n) is 13.7. The molecule has 0 saturated carbocycles. The third-order valence-electron chi connectivity index (χ3n) is 6.89. The quantitative estimate of drug-likeness (QED) is 0.122. The second-order valence-corrected chi connectivity index (χ2v) is 9.81. The van der Waals surface area contributed by atoms with Crippen LogP contribution >= 0.6 is 0 Å². The van der Waals surface area contributed by atoms with Crippen LogP contribution in [0.1, 0.15) is 12.8 Å². The molecule has 1 aromatic heterocycles. The van der Waals surface area contributed by atoms with Crippen LogP contribution in [0.4, 0.5) is 20.2 Å². The van der Waals surface area contributed by atoms with Crippen LogP contribution < -0.4 is 30.2 Å². The molecule has 0 aliphatic carbocycles. The molecule has 228 valence electrons. The predicted octanol–water partition coefficient (Wildman–Crippen LogP) is 5.55. The van der Waals surface area contributed by atoms with Gasteiger partial charge in [-0.3, -0.25) is 14.6 Å². The zero-order chi connectivity index (χ0) is 31.1. The minimum atomic E-state index is -0.779. The smallest absolute Gasteiger partial charge is 0.262 e. The number of anilines is 2. The Bertz CT molecular complexity index is 1690. The number of aromatic nitrogens is 1. The van der Waals surface area contributed by atoms with Gasteiger partial charge in [0.1, 0.15) is 17.1 Å². The average Bonchev–Trinajstić information content (AvgIpc) is 3.03. The minimum Gasteiger partial charge on any atom is -0.493 e. The van der Waals surface area contributed by atoms with Crippen molar-refractivity contribution in [3.63, 3.8) is 0 Å². The molecular weight excluding hydrogens is 574 g/mol. The van der Waals surface area contributed by atoms with Crippen LogP contribution in [0.2, 0.25) is 0 Å². The Kier molecular flexibility index (Phi) is 9.50. The number of nitrogens with zero attached hydrogens (tertiary/aromatic N) is 1. The number of rotatable bonds is 10. The highest BCUT2D eigenvalue weighted by atomic mass is 19.1. The number of halogens is 2. The van der Waals surface area contributed by atoms with E-state index in [1.807, 2.05) is 0 Å². The average molecular weight is 605 g/mol. The maximum Gasteiger partial charge on any atom is 0.262 e. The van der Waals surface area contributed by atoms with Gasteiger partial charge in [-0.2, -0.15) is 0 Å². The van der Waals surface area contributed by atoms with E-state index in [1.54, 1.807) is 18.2 Å². The lowest BCUT2D eigenvalue weighted by Crippen LogP contribution is -2.34. The standard InChI is InChI=1S/C32H30F2N4O6/c1-41-29-16-23-26(17-30(29)42-2)35-12-9-27(23)44-28-8-7-22(15-25(28)34)38-32(40)24(18-36-20-10-13-43-14-11-20)31(39)37-21-5-3-19(33)4-6-21/h3-9,12,15-18,20,36H,10-11,13-14H2,1-2H3,(H,37,39)(H,38,40)/b24-18+. The molecule has 10 nitrogen and oxygen atoms in total. The van der Waals surface area contributed by atoms with Gasteiger partial charge in [0.2, 0.25) is 0 Å². The van der Waals surface area contributed by atoms with Crippen molar-refractivity contribution in [3.05, 3.63) is 90.3 Å². The van der Waals surface area contributed by atoms with E-state index in [0.717, 1.165) is 6.07 Å². The number of hydrogen-bond donors (Lipinski definition) is 3. The Morgan fingerprint density at radius 1 is 0.841 bits per heavy atom. The summed E-state index contributed by atoms with van der Waals surface area (Å²) in [6.45, 7) is 1.11. The fourth-order valence-corrected chi connectivity index (χ4v) is 4.55. The largest absolute Gasteiger partial charge is 0.493 e. The zero-order valence-corrected chi connectivity index (χ0v) is 24.0. The third kappa shape index (κ3) is 7.21. The summed E-state index contributed by atoms with van der Waals surface area (Å²) in [5, 5.41) is 8.82. The summed E-state index contributed by atoms with van der Waals surface area (Å²) < 4.78 is 50.5. The predicted molar refractivity (Wildman–Crippen MR) is 160 cm³/mol. The van der Waals surface area contributed by atoms with Gasteiger partial charge in [0, 0.05) is 60.5 Å². The molecule has 1 aliphatic heterocycles. The Balaban J connectivity index is 1.34. The highest BCUT2D eigenvalue weighted by Crippen LogP contribution is 2.37. The van der Waals surface area contributed by atoms with Crippen LogP contribution in [-0.2, 0) is 14.3 Å². The lowest BCUT2D eigenvalue weighted by atomic mass is 10.1. The second-order valence-electron chi connectivity index (χ2n) is 9.81. The summed E-state index contributed by atoms with van der Waals surface area (Å²) >= 11 is 0. The molecule has 4 aromatic rings. The van der Waals surface area contributed by atoms with E-state index < -0.39 is 23.4 Å². The molecule has 1 fully saturated rings. The van der Waals surface area contributed by atoms with Gasteiger partial charge in [-0.25, -0.2) is 8.78 Å². The SMILES string of the molecule is COc1cc2nccc(Oc3ccc(NC(=O)/C(=C/NC4CCOCC4)C(=O)Nc4ccc(F)cc4)cc3F)c2cc1OC. The monoisotopic (exact) mass is 604 g/mol. The molecule has 1 aliphatic rings. The van der Waals surface area contributed by atoms with Gasteiger partial charge in [0.15, 0.2) is 23.1 Å². The number of carbonyl (C=O) groups excluding carboxylic acids is 2. The van der Waals surface area contributed by atoms with Crippen LogP contribution in [0.3, 0.4) is 0 Å². The van der Waals surface area contributed by atoms with Crippen LogP contribution in [0, 0.1) is 11.6 Å². The van der Waals surface area contributed by atoms with Crippen molar-refractivity contribution >= 4 is 34.1 Å². The maximum absolute atomic E-state index is 15.2.